The molecule has 0 radical (unpaired) electrons. The summed E-state index contributed by atoms with van der Waals surface area (Å²) in [6.45, 7) is 0. The van der Waals surface area contributed by atoms with Gasteiger partial charge in [-0.2, -0.15) is 0 Å². The van der Waals surface area contributed by atoms with Crippen molar-refractivity contribution in [3.05, 3.63) is 58.8 Å². The van der Waals surface area contributed by atoms with Crippen LogP contribution in [0.1, 0.15) is 0 Å². The molecule has 90 valence electrons. The van der Waals surface area contributed by atoms with Gasteiger partial charge in [0.2, 0.25) is 0 Å². The van der Waals surface area contributed by atoms with Crippen molar-refractivity contribution >= 4 is 21.6 Å². The first-order chi connectivity index (χ1) is 8.65. The van der Waals surface area contributed by atoms with Gasteiger partial charge in [0.1, 0.15) is 11.6 Å². The van der Waals surface area contributed by atoms with Gasteiger partial charge in [0.05, 0.1) is 10.2 Å². The summed E-state index contributed by atoms with van der Waals surface area (Å²) in [4.78, 5) is 4.33. The van der Waals surface area contributed by atoms with E-state index in [1.54, 1.807) is 10.6 Å². The lowest BCUT2D eigenvalue weighted by molar-refractivity contribution is 0.585. The van der Waals surface area contributed by atoms with Gasteiger partial charge in [-0.1, -0.05) is 0 Å². The zero-order valence-electron chi connectivity index (χ0n) is 9.07. The van der Waals surface area contributed by atoms with Gasteiger partial charge in [0.15, 0.2) is 5.65 Å². The van der Waals surface area contributed by atoms with Gasteiger partial charge in [-0.15, -0.1) is 0 Å². The minimum atomic E-state index is -0.616. The minimum Gasteiger partial charge on any atom is -0.306 e. The Bertz CT molecular complexity index is 737. The van der Waals surface area contributed by atoms with E-state index >= 15 is 0 Å². The predicted molar refractivity (Wildman–Crippen MR) is 68.2 cm³/mol. The fraction of sp³-hybridized carbons (Fsp3) is 0. The van der Waals surface area contributed by atoms with Gasteiger partial charge in [-0.25, -0.2) is 13.8 Å². The molecule has 0 saturated heterocycles. The number of pyridine rings is 1. The second kappa shape index (κ2) is 4.17. The van der Waals surface area contributed by atoms with E-state index in [2.05, 4.69) is 20.9 Å². The third-order valence-corrected chi connectivity index (χ3v) is 3.26. The van der Waals surface area contributed by atoms with E-state index in [1.165, 1.54) is 12.1 Å². The molecule has 2 heterocycles. The molecule has 5 heteroatoms. The zero-order valence-corrected chi connectivity index (χ0v) is 10.7. The fourth-order valence-corrected chi connectivity index (χ4v) is 2.25. The van der Waals surface area contributed by atoms with Gasteiger partial charge in [0, 0.05) is 24.0 Å². The number of benzene rings is 1. The molecule has 3 rings (SSSR count). The lowest BCUT2D eigenvalue weighted by Crippen LogP contribution is -1.85. The van der Waals surface area contributed by atoms with Crippen LogP contribution in [0.25, 0.3) is 16.9 Å². The van der Waals surface area contributed by atoms with Gasteiger partial charge in [-0.3, -0.25) is 0 Å². The number of hydrogen-bond acceptors (Lipinski definition) is 1. The third-order valence-electron chi connectivity index (χ3n) is 2.64. The third kappa shape index (κ3) is 1.80. The molecule has 0 atom stereocenters. The molecule has 0 aliphatic carbocycles. The maximum atomic E-state index is 13.7. The van der Waals surface area contributed by atoms with Crippen LogP contribution in [0.4, 0.5) is 8.78 Å². The van der Waals surface area contributed by atoms with Crippen LogP contribution < -0.4 is 0 Å². The molecule has 0 bridgehead atoms. The molecule has 2 aromatic heterocycles. The summed E-state index contributed by atoms with van der Waals surface area (Å²) in [5.41, 5.74) is 1.45. The maximum Gasteiger partial charge on any atom is 0.151 e. The Kier molecular flexibility index (Phi) is 2.63. The maximum absolute atomic E-state index is 13.7. The number of rotatable bonds is 1. The summed E-state index contributed by atoms with van der Waals surface area (Å²) in [7, 11) is 0. The van der Waals surface area contributed by atoms with Crippen LogP contribution in [0.5, 0.6) is 0 Å². The van der Waals surface area contributed by atoms with E-state index in [0.29, 0.717) is 11.3 Å². The molecule has 0 fully saturated rings. The molecule has 18 heavy (non-hydrogen) atoms. The summed E-state index contributed by atoms with van der Waals surface area (Å²) in [6, 6.07) is 7.17. The smallest absolute Gasteiger partial charge is 0.151 e. The van der Waals surface area contributed by atoms with Crippen molar-refractivity contribution in [3.63, 3.8) is 0 Å². The van der Waals surface area contributed by atoms with Crippen LogP contribution in [0.15, 0.2) is 47.2 Å². The van der Waals surface area contributed by atoms with E-state index in [0.717, 1.165) is 10.5 Å². The summed E-state index contributed by atoms with van der Waals surface area (Å²) in [5.74, 6) is -1.21. The molecule has 0 amide bonds. The van der Waals surface area contributed by atoms with Gasteiger partial charge in [-0.05, 0) is 40.2 Å². The second-order valence-corrected chi connectivity index (χ2v) is 4.69. The average molecular weight is 309 g/mol. The Hall–Kier alpha value is -1.75. The van der Waals surface area contributed by atoms with Crippen molar-refractivity contribution < 1.29 is 8.78 Å². The molecule has 3 aromatic rings. The van der Waals surface area contributed by atoms with Crippen LogP contribution in [-0.2, 0) is 0 Å². The first kappa shape index (κ1) is 11.3. The Morgan fingerprint density at radius 3 is 2.72 bits per heavy atom. The van der Waals surface area contributed by atoms with E-state index in [1.807, 2.05) is 18.3 Å². The molecular weight excluding hydrogens is 302 g/mol. The Labute approximate surface area is 110 Å². The normalized spacial score (nSPS) is 11.1. The summed E-state index contributed by atoms with van der Waals surface area (Å²) < 4.78 is 29.1. The van der Waals surface area contributed by atoms with E-state index in [-0.39, 0.29) is 5.56 Å². The molecule has 2 nitrogen and oxygen atoms in total. The number of hydrogen-bond donors (Lipinski definition) is 0. The quantitative estimate of drug-likeness (QED) is 0.663. The number of aromatic nitrogens is 2. The first-order valence-corrected chi connectivity index (χ1v) is 6.03. The molecule has 0 saturated carbocycles. The SMILES string of the molecule is Fc1ccc(-c2cn3cccc(Br)c3n2)c(F)c1. The number of halogens is 3. The topological polar surface area (TPSA) is 17.3 Å². The number of nitrogens with zero attached hydrogens (tertiary/aromatic N) is 2. The highest BCUT2D eigenvalue weighted by Gasteiger charge is 2.11. The van der Waals surface area contributed by atoms with Crippen molar-refractivity contribution in [2.24, 2.45) is 0 Å². The number of fused-ring (bicyclic) bond motifs is 1. The first-order valence-electron chi connectivity index (χ1n) is 5.24. The van der Waals surface area contributed by atoms with Crippen molar-refractivity contribution in [2.45, 2.75) is 0 Å². The van der Waals surface area contributed by atoms with Gasteiger partial charge < -0.3 is 4.40 Å². The van der Waals surface area contributed by atoms with E-state index < -0.39 is 11.6 Å². The average Bonchev–Trinajstić information content (AvgIpc) is 2.74. The summed E-state index contributed by atoms with van der Waals surface area (Å²) >= 11 is 3.38. The van der Waals surface area contributed by atoms with E-state index in [9.17, 15) is 8.78 Å². The van der Waals surface area contributed by atoms with Crippen LogP contribution in [0.3, 0.4) is 0 Å². The van der Waals surface area contributed by atoms with E-state index in [4.69, 9.17) is 0 Å². The van der Waals surface area contributed by atoms with Crippen molar-refractivity contribution in [3.8, 4) is 11.3 Å². The molecule has 0 aliphatic heterocycles. The molecule has 1 aromatic carbocycles. The second-order valence-electron chi connectivity index (χ2n) is 3.84. The van der Waals surface area contributed by atoms with Gasteiger partial charge >= 0.3 is 0 Å². The van der Waals surface area contributed by atoms with Crippen molar-refractivity contribution in [2.75, 3.05) is 0 Å². The Balaban J connectivity index is 2.23. The van der Waals surface area contributed by atoms with Crippen LogP contribution in [-0.4, -0.2) is 9.38 Å². The standard InChI is InChI=1S/C13H7BrF2N2/c14-10-2-1-5-18-7-12(17-13(10)18)9-4-3-8(15)6-11(9)16/h1-7H. The Morgan fingerprint density at radius 1 is 1.17 bits per heavy atom. The highest BCUT2D eigenvalue weighted by molar-refractivity contribution is 9.10. The summed E-state index contributed by atoms with van der Waals surface area (Å²) in [5, 5.41) is 0. The van der Waals surface area contributed by atoms with Crippen LogP contribution in [0.2, 0.25) is 0 Å². The zero-order chi connectivity index (χ0) is 12.7. The predicted octanol–water partition coefficient (Wildman–Crippen LogP) is 4.04. The highest BCUT2D eigenvalue weighted by Crippen LogP contribution is 2.25. The molecule has 0 N–H and O–H groups in total. The minimum absolute atomic E-state index is 0.284. The monoisotopic (exact) mass is 308 g/mol. The van der Waals surface area contributed by atoms with Crippen LogP contribution in [0, 0.1) is 11.6 Å². The van der Waals surface area contributed by atoms with Crippen LogP contribution >= 0.6 is 15.9 Å². The molecular formula is C13H7BrF2N2. The highest BCUT2D eigenvalue weighted by atomic mass is 79.9. The lowest BCUT2D eigenvalue weighted by atomic mass is 10.1. The van der Waals surface area contributed by atoms with Gasteiger partial charge in [0.25, 0.3) is 0 Å². The molecule has 0 unspecified atom stereocenters. The Morgan fingerprint density at radius 2 is 2.00 bits per heavy atom. The lowest BCUT2D eigenvalue weighted by Gasteiger charge is -1.98. The largest absolute Gasteiger partial charge is 0.306 e. The summed E-state index contributed by atoms with van der Waals surface area (Å²) in [6.07, 6.45) is 3.52. The van der Waals surface area contributed by atoms with Crippen molar-refractivity contribution in [1.29, 1.82) is 0 Å². The molecule has 0 spiro atoms. The number of imidazole rings is 1. The fourth-order valence-electron chi connectivity index (χ4n) is 1.81. The molecule has 0 aliphatic rings. The van der Waals surface area contributed by atoms with Crippen molar-refractivity contribution in [1.82, 2.24) is 9.38 Å².